The van der Waals surface area contributed by atoms with Crippen LogP contribution in [0.25, 0.3) is 0 Å². The van der Waals surface area contributed by atoms with Crippen molar-refractivity contribution in [2.75, 3.05) is 52.3 Å². The predicted molar refractivity (Wildman–Crippen MR) is 117 cm³/mol. The van der Waals surface area contributed by atoms with Crippen LogP contribution >= 0.6 is 0 Å². The lowest BCUT2D eigenvalue weighted by Gasteiger charge is -2.30. The van der Waals surface area contributed by atoms with E-state index in [-0.39, 0.29) is 24.9 Å². The normalized spacial score (nSPS) is 13.8. The predicted octanol–water partition coefficient (Wildman–Crippen LogP) is 1.72. The van der Waals surface area contributed by atoms with Crippen molar-refractivity contribution in [3.8, 4) is 5.75 Å². The Morgan fingerprint density at radius 2 is 1.63 bits per heavy atom. The Labute approximate surface area is 178 Å². The molecule has 2 amide bonds. The fourth-order valence-electron chi connectivity index (χ4n) is 3.38. The summed E-state index contributed by atoms with van der Waals surface area (Å²) in [5.41, 5.74) is 3.17. The summed E-state index contributed by atoms with van der Waals surface area (Å²) in [5, 5.41) is 3.04. The second-order valence-electron chi connectivity index (χ2n) is 7.65. The van der Waals surface area contributed by atoms with Crippen molar-refractivity contribution in [3.05, 3.63) is 59.7 Å². The zero-order valence-electron chi connectivity index (χ0n) is 17.9. The number of hydrogen-bond acceptors (Lipinski definition) is 5. The van der Waals surface area contributed by atoms with E-state index < -0.39 is 0 Å². The Hall–Kier alpha value is -3.06. The average Bonchev–Trinajstić information content (AvgIpc) is 2.75. The first-order valence-electron chi connectivity index (χ1n) is 10.1. The first kappa shape index (κ1) is 21.6. The molecule has 0 aromatic heterocycles. The second-order valence-corrected chi connectivity index (χ2v) is 7.65. The van der Waals surface area contributed by atoms with Crippen LogP contribution in [0, 0.1) is 0 Å². The summed E-state index contributed by atoms with van der Waals surface area (Å²) in [5.74, 6) is 0.689. The molecule has 0 unspecified atom stereocenters. The molecule has 1 fully saturated rings. The lowest BCUT2D eigenvalue weighted by molar-refractivity contribution is -0.141. The average molecular weight is 411 g/mol. The molecule has 1 aliphatic heterocycles. The molecular formula is C23H30N4O3. The highest BCUT2D eigenvalue weighted by Gasteiger charge is 2.23. The summed E-state index contributed by atoms with van der Waals surface area (Å²) >= 11 is 0. The van der Waals surface area contributed by atoms with Crippen LogP contribution in [0.1, 0.15) is 11.1 Å². The van der Waals surface area contributed by atoms with Gasteiger partial charge in [-0.2, -0.15) is 0 Å². The first-order valence-corrected chi connectivity index (χ1v) is 10.1. The van der Waals surface area contributed by atoms with Crippen molar-refractivity contribution in [2.24, 2.45) is 0 Å². The van der Waals surface area contributed by atoms with Crippen molar-refractivity contribution in [1.29, 1.82) is 0 Å². The molecule has 0 spiro atoms. The largest absolute Gasteiger partial charge is 0.497 e. The molecule has 3 rings (SSSR count). The van der Waals surface area contributed by atoms with E-state index in [4.69, 9.17) is 4.74 Å². The van der Waals surface area contributed by atoms with Crippen molar-refractivity contribution >= 4 is 17.5 Å². The molecule has 2 aromatic rings. The minimum Gasteiger partial charge on any atom is -0.497 e. The quantitative estimate of drug-likeness (QED) is 0.718. The van der Waals surface area contributed by atoms with E-state index in [9.17, 15) is 9.59 Å². The SMILES string of the molecule is COc1ccc(CN(Cc2ccc(N(C)C)cc2)C(=O)CN2CCNCC2=O)cc1. The summed E-state index contributed by atoms with van der Waals surface area (Å²) in [6.45, 7) is 2.61. The lowest BCUT2D eigenvalue weighted by Crippen LogP contribution is -2.51. The molecule has 160 valence electrons. The first-order chi connectivity index (χ1) is 14.5. The number of methoxy groups -OCH3 is 1. The molecular weight excluding hydrogens is 380 g/mol. The summed E-state index contributed by atoms with van der Waals surface area (Å²) in [6.07, 6.45) is 0. The van der Waals surface area contributed by atoms with Crippen LogP contribution in [0.3, 0.4) is 0 Å². The lowest BCUT2D eigenvalue weighted by atomic mass is 10.1. The third-order valence-electron chi connectivity index (χ3n) is 5.22. The monoisotopic (exact) mass is 410 g/mol. The van der Waals surface area contributed by atoms with Gasteiger partial charge in [0.15, 0.2) is 0 Å². The number of rotatable bonds is 8. The molecule has 1 N–H and O–H groups in total. The van der Waals surface area contributed by atoms with Gasteiger partial charge in [-0.3, -0.25) is 9.59 Å². The number of nitrogens with zero attached hydrogens (tertiary/aromatic N) is 3. The van der Waals surface area contributed by atoms with Crippen LogP contribution in [0.15, 0.2) is 48.5 Å². The number of nitrogens with one attached hydrogen (secondary N) is 1. The van der Waals surface area contributed by atoms with Gasteiger partial charge >= 0.3 is 0 Å². The Morgan fingerprint density at radius 3 is 2.17 bits per heavy atom. The van der Waals surface area contributed by atoms with Gasteiger partial charge in [0.05, 0.1) is 20.2 Å². The molecule has 0 saturated carbocycles. The number of benzene rings is 2. The third-order valence-corrected chi connectivity index (χ3v) is 5.22. The van der Waals surface area contributed by atoms with Gasteiger partial charge < -0.3 is 24.8 Å². The van der Waals surface area contributed by atoms with Crippen molar-refractivity contribution in [1.82, 2.24) is 15.1 Å². The Morgan fingerprint density at radius 1 is 1.03 bits per heavy atom. The van der Waals surface area contributed by atoms with E-state index >= 15 is 0 Å². The minimum atomic E-state index is -0.0576. The van der Waals surface area contributed by atoms with E-state index in [0.717, 1.165) is 22.6 Å². The molecule has 0 bridgehead atoms. The Bertz CT molecular complexity index is 850. The zero-order chi connectivity index (χ0) is 21.5. The van der Waals surface area contributed by atoms with Crippen LogP contribution in [-0.4, -0.2) is 69.0 Å². The van der Waals surface area contributed by atoms with Gasteiger partial charge in [0.25, 0.3) is 0 Å². The highest BCUT2D eigenvalue weighted by atomic mass is 16.5. The smallest absolute Gasteiger partial charge is 0.242 e. The van der Waals surface area contributed by atoms with Crippen molar-refractivity contribution in [2.45, 2.75) is 13.1 Å². The zero-order valence-corrected chi connectivity index (χ0v) is 17.9. The molecule has 0 atom stereocenters. The maximum absolute atomic E-state index is 13.1. The topological polar surface area (TPSA) is 65.1 Å². The second kappa shape index (κ2) is 10.1. The van der Waals surface area contributed by atoms with E-state index in [1.807, 2.05) is 72.4 Å². The summed E-state index contributed by atoms with van der Waals surface area (Å²) in [6, 6.07) is 15.9. The van der Waals surface area contributed by atoms with Gasteiger partial charge in [-0.05, 0) is 35.4 Å². The maximum atomic E-state index is 13.1. The molecule has 1 aliphatic rings. The molecule has 0 aliphatic carbocycles. The Kier molecular flexibility index (Phi) is 7.30. The van der Waals surface area contributed by atoms with Gasteiger partial charge in [0, 0.05) is 46.0 Å². The maximum Gasteiger partial charge on any atom is 0.242 e. The van der Waals surface area contributed by atoms with Gasteiger partial charge in [-0.25, -0.2) is 0 Å². The van der Waals surface area contributed by atoms with Crippen LogP contribution in [0.2, 0.25) is 0 Å². The van der Waals surface area contributed by atoms with E-state index in [2.05, 4.69) is 5.32 Å². The van der Waals surface area contributed by atoms with Crippen molar-refractivity contribution in [3.63, 3.8) is 0 Å². The third kappa shape index (κ3) is 5.73. The number of carbonyl (C=O) groups is 2. The summed E-state index contributed by atoms with van der Waals surface area (Å²) in [7, 11) is 5.63. The number of hydrogen-bond donors (Lipinski definition) is 1. The molecule has 30 heavy (non-hydrogen) atoms. The minimum absolute atomic E-state index is 0.0330. The van der Waals surface area contributed by atoms with Gasteiger partial charge in [-0.15, -0.1) is 0 Å². The number of anilines is 1. The van der Waals surface area contributed by atoms with Crippen LogP contribution in [-0.2, 0) is 22.7 Å². The van der Waals surface area contributed by atoms with Crippen LogP contribution < -0.4 is 15.0 Å². The highest BCUT2D eigenvalue weighted by Crippen LogP contribution is 2.17. The van der Waals surface area contributed by atoms with Crippen molar-refractivity contribution < 1.29 is 14.3 Å². The van der Waals surface area contributed by atoms with Gasteiger partial charge in [0.1, 0.15) is 5.75 Å². The van der Waals surface area contributed by atoms with E-state index in [1.165, 1.54) is 0 Å². The summed E-state index contributed by atoms with van der Waals surface area (Å²) in [4.78, 5) is 30.7. The molecule has 1 saturated heterocycles. The molecule has 7 heteroatoms. The van der Waals surface area contributed by atoms with Gasteiger partial charge in [0.2, 0.25) is 11.8 Å². The number of amides is 2. The number of piperazine rings is 1. The molecule has 7 nitrogen and oxygen atoms in total. The molecule has 0 radical (unpaired) electrons. The van der Waals surface area contributed by atoms with Crippen LogP contribution in [0.5, 0.6) is 5.75 Å². The molecule has 1 heterocycles. The Balaban J connectivity index is 1.75. The summed E-state index contributed by atoms with van der Waals surface area (Å²) < 4.78 is 5.23. The standard InChI is InChI=1S/C23H30N4O3/c1-25(2)20-8-4-18(5-9-20)15-27(16-19-6-10-21(30-3)11-7-19)23(29)17-26-13-12-24-14-22(26)28/h4-11,24H,12-17H2,1-3H3. The molecule has 2 aromatic carbocycles. The fraction of sp³-hybridized carbons (Fsp3) is 0.391. The highest BCUT2D eigenvalue weighted by molar-refractivity contribution is 5.86. The number of ether oxygens (including phenoxy) is 1. The van der Waals surface area contributed by atoms with E-state index in [0.29, 0.717) is 26.2 Å². The fourth-order valence-corrected chi connectivity index (χ4v) is 3.38. The van der Waals surface area contributed by atoms with Gasteiger partial charge in [-0.1, -0.05) is 24.3 Å². The van der Waals surface area contributed by atoms with E-state index in [1.54, 1.807) is 12.0 Å². The van der Waals surface area contributed by atoms with Crippen LogP contribution in [0.4, 0.5) is 5.69 Å². The number of carbonyl (C=O) groups excluding carboxylic acids is 2.